The number of rotatable bonds is 6. The molecular formula is C20H25BFNO5S. The van der Waals surface area contributed by atoms with Crippen molar-refractivity contribution in [3.8, 4) is 11.5 Å². The fourth-order valence-corrected chi connectivity index (χ4v) is 3.35. The first-order chi connectivity index (χ1) is 13.4. The Morgan fingerprint density at radius 3 is 2.17 bits per heavy atom. The van der Waals surface area contributed by atoms with Crippen LogP contribution in [0.25, 0.3) is 0 Å². The molecule has 9 heteroatoms. The van der Waals surface area contributed by atoms with E-state index >= 15 is 0 Å². The van der Waals surface area contributed by atoms with Crippen LogP contribution in [0.2, 0.25) is 0 Å². The number of ether oxygens (including phenoxy) is 1. The van der Waals surface area contributed by atoms with Crippen molar-refractivity contribution >= 4 is 28.3 Å². The average molecular weight is 421 g/mol. The van der Waals surface area contributed by atoms with E-state index < -0.39 is 34.2 Å². The van der Waals surface area contributed by atoms with Crippen LogP contribution >= 0.6 is 0 Å². The molecule has 0 amide bonds. The van der Waals surface area contributed by atoms with Crippen molar-refractivity contribution in [3.63, 3.8) is 0 Å². The molecule has 2 aromatic rings. The van der Waals surface area contributed by atoms with Crippen LogP contribution in [0.5, 0.6) is 11.5 Å². The van der Waals surface area contributed by atoms with Gasteiger partial charge >= 0.3 is 7.12 Å². The number of sulfonamides is 1. The smallest absolute Gasteiger partial charge is 0.455 e. The van der Waals surface area contributed by atoms with E-state index in [2.05, 4.69) is 4.72 Å². The lowest BCUT2D eigenvalue weighted by Crippen LogP contribution is -2.41. The first kappa shape index (κ1) is 21.6. The van der Waals surface area contributed by atoms with Crippen molar-refractivity contribution in [2.24, 2.45) is 0 Å². The summed E-state index contributed by atoms with van der Waals surface area (Å²) < 4.78 is 57.8. The first-order valence-corrected chi connectivity index (χ1v) is 11.0. The monoisotopic (exact) mass is 421 g/mol. The van der Waals surface area contributed by atoms with Crippen molar-refractivity contribution < 1.29 is 26.9 Å². The Morgan fingerprint density at radius 2 is 1.62 bits per heavy atom. The molecule has 0 bridgehead atoms. The zero-order chi connectivity index (χ0) is 21.4. The van der Waals surface area contributed by atoms with Crippen LogP contribution in [-0.2, 0) is 19.3 Å². The van der Waals surface area contributed by atoms with Crippen molar-refractivity contribution in [2.45, 2.75) is 45.8 Å². The Balaban J connectivity index is 1.97. The third-order valence-corrected chi connectivity index (χ3v) is 6.51. The summed E-state index contributed by atoms with van der Waals surface area (Å²) in [5, 5.41) is 0. The molecule has 1 heterocycles. The Bertz CT molecular complexity index is 976. The number of benzene rings is 2. The summed E-state index contributed by atoms with van der Waals surface area (Å²) in [4.78, 5) is 0. The third kappa shape index (κ3) is 4.74. The molecule has 1 aliphatic heterocycles. The van der Waals surface area contributed by atoms with Gasteiger partial charge in [0.2, 0.25) is 10.0 Å². The van der Waals surface area contributed by atoms with Gasteiger partial charge in [0.15, 0.2) is 5.75 Å². The summed E-state index contributed by atoms with van der Waals surface area (Å²) in [6.45, 7) is 9.35. The maximum Gasteiger partial charge on any atom is 0.494 e. The van der Waals surface area contributed by atoms with Crippen LogP contribution in [0.4, 0.5) is 10.1 Å². The number of hydrogen-bond acceptors (Lipinski definition) is 5. The molecule has 0 unspecified atom stereocenters. The van der Waals surface area contributed by atoms with Gasteiger partial charge in [-0.2, -0.15) is 0 Å². The average Bonchev–Trinajstić information content (AvgIpc) is 2.86. The molecule has 0 atom stereocenters. The van der Waals surface area contributed by atoms with Crippen molar-refractivity contribution in [1.82, 2.24) is 0 Å². The van der Waals surface area contributed by atoms with Gasteiger partial charge in [0, 0.05) is 0 Å². The molecule has 1 aliphatic rings. The van der Waals surface area contributed by atoms with Crippen LogP contribution in [0, 0.1) is 5.82 Å². The molecule has 2 aromatic carbocycles. The zero-order valence-electron chi connectivity index (χ0n) is 17.2. The van der Waals surface area contributed by atoms with E-state index in [1.54, 1.807) is 25.1 Å². The van der Waals surface area contributed by atoms with E-state index in [-0.39, 0.29) is 17.2 Å². The minimum atomic E-state index is -3.52. The summed E-state index contributed by atoms with van der Waals surface area (Å²) >= 11 is 0. The highest BCUT2D eigenvalue weighted by molar-refractivity contribution is 7.92. The molecule has 0 spiro atoms. The van der Waals surface area contributed by atoms with E-state index in [0.29, 0.717) is 11.2 Å². The van der Waals surface area contributed by atoms with E-state index in [1.807, 2.05) is 27.7 Å². The van der Waals surface area contributed by atoms with Crippen molar-refractivity contribution in [2.75, 3.05) is 10.5 Å². The fourth-order valence-electron chi connectivity index (χ4n) is 2.70. The second-order valence-electron chi connectivity index (χ2n) is 7.91. The van der Waals surface area contributed by atoms with Crippen molar-refractivity contribution in [3.05, 3.63) is 48.3 Å². The zero-order valence-corrected chi connectivity index (χ0v) is 18.0. The maximum absolute atomic E-state index is 13.2. The minimum Gasteiger partial charge on any atom is -0.455 e. The van der Waals surface area contributed by atoms with Crippen LogP contribution in [0.15, 0.2) is 42.5 Å². The molecule has 0 aromatic heterocycles. The van der Waals surface area contributed by atoms with Gasteiger partial charge in [-0.3, -0.25) is 4.72 Å². The predicted octanol–water partition coefficient (Wildman–Crippen LogP) is 3.68. The molecular weight excluding hydrogens is 396 g/mol. The van der Waals surface area contributed by atoms with Gasteiger partial charge in [-0.05, 0) is 76.5 Å². The molecule has 0 radical (unpaired) electrons. The molecule has 1 fully saturated rings. The highest BCUT2D eigenvalue weighted by Crippen LogP contribution is 2.37. The lowest BCUT2D eigenvalue weighted by Gasteiger charge is -2.32. The molecule has 6 nitrogen and oxygen atoms in total. The predicted molar refractivity (Wildman–Crippen MR) is 112 cm³/mol. The molecule has 1 N–H and O–H groups in total. The molecule has 156 valence electrons. The maximum atomic E-state index is 13.2. The van der Waals surface area contributed by atoms with Crippen LogP contribution in [0.3, 0.4) is 0 Å². The van der Waals surface area contributed by atoms with Crippen LogP contribution in [0.1, 0.15) is 34.6 Å². The van der Waals surface area contributed by atoms with Gasteiger partial charge < -0.3 is 14.0 Å². The summed E-state index contributed by atoms with van der Waals surface area (Å²) in [5.74, 6) is 0.160. The largest absolute Gasteiger partial charge is 0.494 e. The third-order valence-electron chi connectivity index (χ3n) is 5.22. The summed E-state index contributed by atoms with van der Waals surface area (Å²) in [7, 11) is -4.15. The molecule has 0 saturated carbocycles. The Labute approximate surface area is 171 Å². The highest BCUT2D eigenvalue weighted by Gasteiger charge is 2.51. The van der Waals surface area contributed by atoms with E-state index in [0.717, 1.165) is 0 Å². The van der Waals surface area contributed by atoms with Gasteiger partial charge in [-0.15, -0.1) is 0 Å². The quantitative estimate of drug-likeness (QED) is 0.721. The standard InChI is InChI=1S/C20H25BFNO5S/c1-6-29(24,25)23-17-12-7-14(21-27-19(2,3)20(4,5)28-21)13-18(17)26-16-10-8-15(22)9-11-16/h7-13,23H,6H2,1-5H3. The number of hydrogen-bond donors (Lipinski definition) is 1. The number of anilines is 1. The molecule has 3 rings (SSSR count). The summed E-state index contributed by atoms with van der Waals surface area (Å²) in [6.07, 6.45) is 0. The Kier molecular flexibility index (Phi) is 5.68. The van der Waals surface area contributed by atoms with E-state index in [4.69, 9.17) is 14.0 Å². The van der Waals surface area contributed by atoms with E-state index in [1.165, 1.54) is 24.3 Å². The summed E-state index contributed by atoms with van der Waals surface area (Å²) in [5.41, 5.74) is -0.0763. The Morgan fingerprint density at radius 1 is 1.03 bits per heavy atom. The van der Waals surface area contributed by atoms with Gasteiger partial charge in [0.1, 0.15) is 11.6 Å². The summed E-state index contributed by atoms with van der Waals surface area (Å²) in [6, 6.07) is 10.5. The topological polar surface area (TPSA) is 73.9 Å². The minimum absolute atomic E-state index is 0.0814. The second-order valence-corrected chi connectivity index (χ2v) is 9.92. The second kappa shape index (κ2) is 7.62. The van der Waals surface area contributed by atoms with Gasteiger partial charge in [0.25, 0.3) is 0 Å². The Hall–Kier alpha value is -2.10. The lowest BCUT2D eigenvalue weighted by molar-refractivity contribution is 0.00578. The van der Waals surface area contributed by atoms with Crippen LogP contribution < -0.4 is 14.9 Å². The number of halogens is 1. The fraction of sp³-hybridized carbons (Fsp3) is 0.400. The highest BCUT2D eigenvalue weighted by atomic mass is 32.2. The van der Waals surface area contributed by atoms with Gasteiger partial charge in [-0.25, -0.2) is 12.8 Å². The SMILES string of the molecule is CCS(=O)(=O)Nc1ccc(B2OC(C)(C)C(C)(C)O2)cc1Oc1ccc(F)cc1. The lowest BCUT2D eigenvalue weighted by atomic mass is 9.79. The van der Waals surface area contributed by atoms with Gasteiger partial charge in [-0.1, -0.05) is 6.07 Å². The first-order valence-electron chi connectivity index (χ1n) is 9.36. The number of nitrogens with one attached hydrogen (secondary N) is 1. The molecule has 1 saturated heterocycles. The normalized spacial score (nSPS) is 17.9. The van der Waals surface area contributed by atoms with Crippen LogP contribution in [-0.4, -0.2) is 32.5 Å². The van der Waals surface area contributed by atoms with Gasteiger partial charge in [0.05, 0.1) is 22.6 Å². The van der Waals surface area contributed by atoms with E-state index in [9.17, 15) is 12.8 Å². The molecule has 29 heavy (non-hydrogen) atoms. The van der Waals surface area contributed by atoms with Crippen molar-refractivity contribution in [1.29, 1.82) is 0 Å². The molecule has 0 aliphatic carbocycles.